The summed E-state index contributed by atoms with van der Waals surface area (Å²) in [7, 11) is 3.33. The molecule has 3 aromatic rings. The minimum absolute atomic E-state index is 0.0849. The van der Waals surface area contributed by atoms with E-state index in [9.17, 15) is 4.79 Å². The van der Waals surface area contributed by atoms with Crippen molar-refractivity contribution >= 4 is 16.8 Å². The maximum Gasteiger partial charge on any atom is 0.254 e. The number of aromatic nitrogens is 2. The summed E-state index contributed by atoms with van der Waals surface area (Å²) in [6, 6.07) is 13.3. The van der Waals surface area contributed by atoms with E-state index in [1.54, 1.807) is 25.1 Å². The summed E-state index contributed by atoms with van der Waals surface area (Å²) < 4.78 is 5.24. The number of nitrogens with zero attached hydrogens (tertiary/aromatic N) is 3. The Morgan fingerprint density at radius 1 is 1.20 bits per heavy atom. The van der Waals surface area contributed by atoms with Gasteiger partial charge in [0.15, 0.2) is 0 Å². The number of rotatable bonds is 5. The molecule has 0 aliphatic rings. The molecular weight excluding hydrogens is 314 g/mol. The highest BCUT2D eigenvalue weighted by molar-refractivity contribution is 6.06. The van der Waals surface area contributed by atoms with E-state index in [2.05, 4.69) is 16.9 Å². The average Bonchev–Trinajstić information content (AvgIpc) is 2.67. The van der Waals surface area contributed by atoms with E-state index >= 15 is 0 Å². The second-order valence-electron chi connectivity index (χ2n) is 5.90. The number of para-hydroxylation sites is 1. The summed E-state index contributed by atoms with van der Waals surface area (Å²) in [5.74, 6) is 0.346. The van der Waals surface area contributed by atoms with E-state index in [1.807, 2.05) is 42.6 Å². The molecule has 2 aromatic heterocycles. The number of pyridine rings is 2. The van der Waals surface area contributed by atoms with Crippen molar-refractivity contribution in [3.8, 4) is 5.88 Å². The van der Waals surface area contributed by atoms with Crippen molar-refractivity contribution in [3.05, 3.63) is 65.5 Å². The summed E-state index contributed by atoms with van der Waals surface area (Å²) in [6.45, 7) is 2.54. The fraction of sp³-hybridized carbons (Fsp3) is 0.250. The fourth-order valence-corrected chi connectivity index (χ4v) is 2.71. The van der Waals surface area contributed by atoms with Gasteiger partial charge in [-0.2, -0.15) is 0 Å². The zero-order chi connectivity index (χ0) is 17.8. The van der Waals surface area contributed by atoms with E-state index < -0.39 is 0 Å². The number of carbonyl (C=O) groups excluding carboxylic acids is 1. The Morgan fingerprint density at radius 3 is 2.68 bits per heavy atom. The molecule has 0 bridgehead atoms. The number of carbonyl (C=O) groups is 1. The second kappa shape index (κ2) is 7.30. The van der Waals surface area contributed by atoms with Crippen LogP contribution in [0, 0.1) is 0 Å². The first-order valence-corrected chi connectivity index (χ1v) is 8.25. The van der Waals surface area contributed by atoms with Crippen LogP contribution in [-0.4, -0.2) is 34.9 Å². The first kappa shape index (κ1) is 16.9. The SMILES string of the molecule is CCc1ccc(CN(C)C(=O)c2cc(OC)nc3ccccc23)nc1. The van der Waals surface area contributed by atoms with E-state index in [-0.39, 0.29) is 5.91 Å². The third-order valence-corrected chi connectivity index (χ3v) is 4.17. The number of hydrogen-bond donors (Lipinski definition) is 0. The van der Waals surface area contributed by atoms with Crippen LogP contribution in [0.1, 0.15) is 28.5 Å². The summed E-state index contributed by atoms with van der Waals surface area (Å²) in [6.07, 6.45) is 2.81. The average molecular weight is 335 g/mol. The Balaban J connectivity index is 1.89. The number of methoxy groups -OCH3 is 1. The van der Waals surface area contributed by atoms with Crippen LogP contribution in [0.3, 0.4) is 0 Å². The third-order valence-electron chi connectivity index (χ3n) is 4.17. The molecule has 0 aliphatic carbocycles. The number of hydrogen-bond acceptors (Lipinski definition) is 4. The number of benzene rings is 1. The van der Waals surface area contributed by atoms with Gasteiger partial charge in [0.1, 0.15) is 0 Å². The summed E-state index contributed by atoms with van der Waals surface area (Å²) in [5, 5.41) is 0.814. The van der Waals surface area contributed by atoms with Gasteiger partial charge in [0.25, 0.3) is 5.91 Å². The molecule has 2 heterocycles. The van der Waals surface area contributed by atoms with Gasteiger partial charge >= 0.3 is 0 Å². The number of fused-ring (bicyclic) bond motifs is 1. The zero-order valence-corrected chi connectivity index (χ0v) is 14.7. The Morgan fingerprint density at radius 2 is 2.00 bits per heavy atom. The molecule has 25 heavy (non-hydrogen) atoms. The molecule has 5 nitrogen and oxygen atoms in total. The molecule has 0 saturated heterocycles. The maximum atomic E-state index is 13.0. The lowest BCUT2D eigenvalue weighted by atomic mass is 10.1. The van der Waals surface area contributed by atoms with Crippen LogP contribution in [0.5, 0.6) is 5.88 Å². The van der Waals surface area contributed by atoms with E-state index in [1.165, 1.54) is 5.56 Å². The van der Waals surface area contributed by atoms with Gasteiger partial charge in [0, 0.05) is 24.7 Å². The summed E-state index contributed by atoms with van der Waals surface area (Å²) in [5.41, 5.74) is 3.36. The smallest absolute Gasteiger partial charge is 0.254 e. The Labute approximate surface area is 147 Å². The Bertz CT molecular complexity index is 891. The topological polar surface area (TPSA) is 55.3 Å². The molecule has 1 amide bonds. The molecule has 0 N–H and O–H groups in total. The van der Waals surface area contributed by atoms with Gasteiger partial charge < -0.3 is 9.64 Å². The molecule has 0 atom stereocenters. The molecular formula is C20H21N3O2. The molecule has 3 rings (SSSR count). The van der Waals surface area contributed by atoms with Crippen LogP contribution < -0.4 is 4.74 Å². The van der Waals surface area contributed by atoms with E-state index in [4.69, 9.17) is 4.74 Å². The normalized spacial score (nSPS) is 10.7. The maximum absolute atomic E-state index is 13.0. The van der Waals surface area contributed by atoms with Crippen molar-refractivity contribution in [2.45, 2.75) is 19.9 Å². The lowest BCUT2D eigenvalue weighted by Gasteiger charge is -2.18. The van der Waals surface area contributed by atoms with Crippen LogP contribution >= 0.6 is 0 Å². The predicted octanol–water partition coefficient (Wildman–Crippen LogP) is 3.47. The molecule has 0 radical (unpaired) electrons. The van der Waals surface area contributed by atoms with Crippen LogP contribution in [0.2, 0.25) is 0 Å². The molecule has 0 saturated carbocycles. The number of aryl methyl sites for hydroxylation is 1. The highest BCUT2D eigenvalue weighted by Gasteiger charge is 2.17. The van der Waals surface area contributed by atoms with Crippen LogP contribution in [0.25, 0.3) is 10.9 Å². The fourth-order valence-electron chi connectivity index (χ4n) is 2.71. The monoisotopic (exact) mass is 335 g/mol. The van der Waals surface area contributed by atoms with Gasteiger partial charge in [-0.25, -0.2) is 4.98 Å². The van der Waals surface area contributed by atoms with Crippen molar-refractivity contribution in [1.29, 1.82) is 0 Å². The lowest BCUT2D eigenvalue weighted by molar-refractivity contribution is 0.0785. The van der Waals surface area contributed by atoms with Crippen molar-refractivity contribution < 1.29 is 9.53 Å². The standard InChI is InChI=1S/C20H21N3O2/c1-4-14-9-10-15(21-12-14)13-23(2)20(24)17-11-19(25-3)22-18-8-6-5-7-16(17)18/h5-12H,4,13H2,1-3H3. The predicted molar refractivity (Wildman–Crippen MR) is 97.7 cm³/mol. The summed E-state index contributed by atoms with van der Waals surface area (Å²) in [4.78, 5) is 23.5. The molecule has 0 aliphatic heterocycles. The highest BCUT2D eigenvalue weighted by Crippen LogP contribution is 2.23. The number of amides is 1. The molecule has 5 heteroatoms. The van der Waals surface area contributed by atoms with Gasteiger partial charge in [-0.15, -0.1) is 0 Å². The van der Waals surface area contributed by atoms with Crippen molar-refractivity contribution in [2.24, 2.45) is 0 Å². The van der Waals surface area contributed by atoms with Gasteiger partial charge in [-0.05, 0) is 24.1 Å². The van der Waals surface area contributed by atoms with E-state index in [0.717, 1.165) is 23.0 Å². The Hall–Kier alpha value is -2.95. The van der Waals surface area contributed by atoms with Crippen molar-refractivity contribution in [2.75, 3.05) is 14.2 Å². The van der Waals surface area contributed by atoms with Crippen molar-refractivity contribution in [1.82, 2.24) is 14.9 Å². The Kier molecular flexibility index (Phi) is 4.93. The molecule has 128 valence electrons. The van der Waals surface area contributed by atoms with Gasteiger partial charge in [0.2, 0.25) is 5.88 Å². The third kappa shape index (κ3) is 3.60. The van der Waals surface area contributed by atoms with Crippen molar-refractivity contribution in [3.63, 3.8) is 0 Å². The van der Waals surface area contributed by atoms with Gasteiger partial charge in [0.05, 0.1) is 30.4 Å². The first-order chi connectivity index (χ1) is 12.1. The van der Waals surface area contributed by atoms with Crippen LogP contribution in [0.15, 0.2) is 48.7 Å². The first-order valence-electron chi connectivity index (χ1n) is 8.25. The molecule has 0 spiro atoms. The molecule has 1 aromatic carbocycles. The highest BCUT2D eigenvalue weighted by atomic mass is 16.5. The minimum atomic E-state index is -0.0849. The van der Waals surface area contributed by atoms with E-state index in [0.29, 0.717) is 18.0 Å². The van der Waals surface area contributed by atoms with Crippen LogP contribution in [0.4, 0.5) is 0 Å². The largest absolute Gasteiger partial charge is 0.481 e. The second-order valence-corrected chi connectivity index (χ2v) is 5.90. The van der Waals surface area contributed by atoms with Gasteiger partial charge in [-0.3, -0.25) is 9.78 Å². The zero-order valence-electron chi connectivity index (χ0n) is 14.7. The lowest BCUT2D eigenvalue weighted by Crippen LogP contribution is -2.27. The van der Waals surface area contributed by atoms with Gasteiger partial charge in [-0.1, -0.05) is 31.2 Å². The molecule has 0 fully saturated rings. The van der Waals surface area contributed by atoms with Crippen LogP contribution in [-0.2, 0) is 13.0 Å². The number of ether oxygens (including phenoxy) is 1. The minimum Gasteiger partial charge on any atom is -0.481 e. The molecule has 0 unspecified atom stereocenters. The quantitative estimate of drug-likeness (QED) is 0.716. The summed E-state index contributed by atoms with van der Waals surface area (Å²) >= 11 is 0.